The highest BCUT2D eigenvalue weighted by Gasteiger charge is 2.32. The second-order valence-corrected chi connectivity index (χ2v) is 8.61. The second kappa shape index (κ2) is 8.60. The lowest BCUT2D eigenvalue weighted by Crippen LogP contribution is -2.56. The Morgan fingerprint density at radius 1 is 1.07 bits per heavy atom. The third-order valence-electron chi connectivity index (χ3n) is 6.09. The van der Waals surface area contributed by atoms with Gasteiger partial charge in [-0.05, 0) is 50.3 Å². The van der Waals surface area contributed by atoms with Gasteiger partial charge < -0.3 is 9.80 Å². The first kappa shape index (κ1) is 20.8. The van der Waals surface area contributed by atoms with Gasteiger partial charge in [0.05, 0.1) is 11.7 Å². The molecule has 1 aromatic rings. The van der Waals surface area contributed by atoms with Gasteiger partial charge in [-0.25, -0.2) is 4.39 Å². The predicted molar refractivity (Wildman–Crippen MR) is 109 cm³/mol. The van der Waals surface area contributed by atoms with E-state index < -0.39 is 0 Å². The van der Waals surface area contributed by atoms with Crippen LogP contribution in [0.1, 0.15) is 44.5 Å². The first-order valence-electron chi connectivity index (χ1n) is 10.3. The molecule has 3 atom stereocenters. The number of likely N-dealkylation sites (tertiary alicyclic amines) is 1. The number of benzene rings is 1. The van der Waals surface area contributed by atoms with E-state index in [2.05, 4.69) is 18.7 Å². The number of Topliss-reactive ketones (excluding diaryl/α,β-unsaturated/α-hetero) is 1. The van der Waals surface area contributed by atoms with E-state index in [4.69, 9.17) is 0 Å². The summed E-state index contributed by atoms with van der Waals surface area (Å²) in [5.41, 5.74) is 0.923. The summed E-state index contributed by atoms with van der Waals surface area (Å²) in [5, 5.41) is 0. The lowest BCUT2D eigenvalue weighted by atomic mass is 9.91. The summed E-state index contributed by atoms with van der Waals surface area (Å²) in [4.78, 5) is 30.6. The molecule has 2 aliphatic rings. The number of rotatable bonds is 4. The maximum absolute atomic E-state index is 14.4. The van der Waals surface area contributed by atoms with Gasteiger partial charge in [0.25, 0.3) is 0 Å². The van der Waals surface area contributed by atoms with Crippen molar-refractivity contribution in [3.05, 3.63) is 29.6 Å². The number of halogens is 1. The van der Waals surface area contributed by atoms with Crippen LogP contribution in [0.4, 0.5) is 10.1 Å². The molecule has 3 unspecified atom stereocenters. The molecule has 0 radical (unpaired) electrons. The molecule has 0 saturated carbocycles. The SMILES string of the molecule is CC(=O)c1ccc(N2CCN(C(C)C(=O)N3CC(C)CC(C)C3)CC2)c(F)c1. The van der Waals surface area contributed by atoms with Gasteiger partial charge in [0.15, 0.2) is 5.78 Å². The molecular formula is C22H32FN3O2. The summed E-state index contributed by atoms with van der Waals surface area (Å²) in [6.07, 6.45) is 1.19. The minimum absolute atomic E-state index is 0.135. The Bertz CT molecular complexity index is 720. The van der Waals surface area contributed by atoms with Gasteiger partial charge in [0, 0.05) is 44.8 Å². The molecule has 0 aromatic heterocycles. The fraction of sp³-hybridized carbons (Fsp3) is 0.636. The first-order valence-corrected chi connectivity index (χ1v) is 10.3. The van der Waals surface area contributed by atoms with Crippen molar-refractivity contribution in [1.29, 1.82) is 0 Å². The third-order valence-corrected chi connectivity index (χ3v) is 6.09. The van der Waals surface area contributed by atoms with E-state index in [1.165, 1.54) is 19.4 Å². The van der Waals surface area contributed by atoms with Crippen LogP contribution in [0, 0.1) is 17.7 Å². The number of piperidine rings is 1. The zero-order chi connectivity index (χ0) is 20.4. The molecule has 0 bridgehead atoms. The summed E-state index contributed by atoms with van der Waals surface area (Å²) in [7, 11) is 0. The number of hydrogen-bond acceptors (Lipinski definition) is 4. The number of carbonyl (C=O) groups is 2. The molecular weight excluding hydrogens is 357 g/mol. The molecule has 0 spiro atoms. The Labute approximate surface area is 167 Å². The maximum atomic E-state index is 14.4. The lowest BCUT2D eigenvalue weighted by molar-refractivity contribution is -0.139. The van der Waals surface area contributed by atoms with Gasteiger partial charge in [0.2, 0.25) is 5.91 Å². The van der Waals surface area contributed by atoms with Crippen LogP contribution in [0.3, 0.4) is 0 Å². The van der Waals surface area contributed by atoms with Crippen molar-refractivity contribution in [3.63, 3.8) is 0 Å². The zero-order valence-electron chi connectivity index (χ0n) is 17.4. The first-order chi connectivity index (χ1) is 13.3. The lowest BCUT2D eigenvalue weighted by Gasteiger charge is -2.42. The predicted octanol–water partition coefficient (Wildman–Crippen LogP) is 3.04. The van der Waals surface area contributed by atoms with Crippen LogP contribution in [-0.2, 0) is 4.79 Å². The van der Waals surface area contributed by atoms with Gasteiger partial charge >= 0.3 is 0 Å². The molecule has 154 valence electrons. The Hall–Kier alpha value is -1.95. The molecule has 2 heterocycles. The Kier molecular flexibility index (Phi) is 6.38. The molecule has 0 N–H and O–H groups in total. The van der Waals surface area contributed by atoms with Gasteiger partial charge in [-0.2, -0.15) is 0 Å². The minimum atomic E-state index is -0.360. The molecule has 28 heavy (non-hydrogen) atoms. The number of hydrogen-bond donors (Lipinski definition) is 0. The second-order valence-electron chi connectivity index (χ2n) is 8.61. The fourth-order valence-electron chi connectivity index (χ4n) is 4.60. The van der Waals surface area contributed by atoms with Crippen molar-refractivity contribution in [2.75, 3.05) is 44.2 Å². The summed E-state index contributed by atoms with van der Waals surface area (Å²) >= 11 is 0. The van der Waals surface area contributed by atoms with Crippen LogP contribution < -0.4 is 4.90 Å². The van der Waals surface area contributed by atoms with Crippen molar-refractivity contribution in [1.82, 2.24) is 9.80 Å². The van der Waals surface area contributed by atoms with Gasteiger partial charge in [0.1, 0.15) is 5.82 Å². The minimum Gasteiger partial charge on any atom is -0.367 e. The van der Waals surface area contributed by atoms with E-state index in [-0.39, 0.29) is 23.5 Å². The maximum Gasteiger partial charge on any atom is 0.239 e. The molecule has 0 aliphatic carbocycles. The van der Waals surface area contributed by atoms with E-state index in [1.807, 2.05) is 16.7 Å². The highest BCUT2D eigenvalue weighted by atomic mass is 19.1. The summed E-state index contributed by atoms with van der Waals surface area (Å²) in [6, 6.07) is 4.53. The van der Waals surface area contributed by atoms with Gasteiger partial charge in [-0.3, -0.25) is 14.5 Å². The quantitative estimate of drug-likeness (QED) is 0.743. The summed E-state index contributed by atoms with van der Waals surface area (Å²) in [5.74, 6) is 0.824. The molecule has 3 rings (SSSR count). The van der Waals surface area contributed by atoms with Crippen LogP contribution in [-0.4, -0.2) is 66.8 Å². The molecule has 2 aliphatic heterocycles. The van der Waals surface area contributed by atoms with Crippen molar-refractivity contribution in [2.45, 2.75) is 40.2 Å². The van der Waals surface area contributed by atoms with Crippen molar-refractivity contribution < 1.29 is 14.0 Å². The molecule has 2 saturated heterocycles. The summed E-state index contributed by atoms with van der Waals surface area (Å²) < 4.78 is 14.4. The Balaban J connectivity index is 1.59. The number of amides is 1. The van der Waals surface area contributed by atoms with Crippen LogP contribution >= 0.6 is 0 Å². The number of piperazine rings is 1. The highest BCUT2D eigenvalue weighted by Crippen LogP contribution is 2.25. The largest absolute Gasteiger partial charge is 0.367 e. The van der Waals surface area contributed by atoms with Gasteiger partial charge in [-0.15, -0.1) is 0 Å². The van der Waals surface area contributed by atoms with Crippen molar-refractivity contribution in [3.8, 4) is 0 Å². The number of nitrogens with zero attached hydrogens (tertiary/aromatic N) is 3. The van der Waals surface area contributed by atoms with Crippen LogP contribution in [0.25, 0.3) is 0 Å². The van der Waals surface area contributed by atoms with E-state index in [9.17, 15) is 14.0 Å². The van der Waals surface area contributed by atoms with Crippen LogP contribution in [0.15, 0.2) is 18.2 Å². The van der Waals surface area contributed by atoms with Crippen molar-refractivity contribution >= 4 is 17.4 Å². The smallest absolute Gasteiger partial charge is 0.239 e. The average molecular weight is 390 g/mol. The molecule has 5 nitrogen and oxygen atoms in total. The average Bonchev–Trinajstić information content (AvgIpc) is 2.66. The number of anilines is 1. The zero-order valence-corrected chi connectivity index (χ0v) is 17.4. The number of carbonyl (C=O) groups excluding carboxylic acids is 2. The number of ketones is 1. The van der Waals surface area contributed by atoms with E-state index in [0.717, 1.165) is 26.2 Å². The highest BCUT2D eigenvalue weighted by molar-refractivity contribution is 5.94. The third kappa shape index (κ3) is 4.54. The van der Waals surface area contributed by atoms with E-state index in [0.29, 0.717) is 36.2 Å². The molecule has 1 aromatic carbocycles. The standard InChI is InChI=1S/C22H32FN3O2/c1-15-11-16(2)14-26(13-15)22(28)17(3)24-7-9-25(10-8-24)21-6-5-19(18(4)27)12-20(21)23/h5-6,12,15-17H,7-11,13-14H2,1-4H3. The fourth-order valence-corrected chi connectivity index (χ4v) is 4.60. The molecule has 2 fully saturated rings. The molecule has 1 amide bonds. The topological polar surface area (TPSA) is 43.9 Å². The van der Waals surface area contributed by atoms with Crippen molar-refractivity contribution in [2.24, 2.45) is 11.8 Å². The Morgan fingerprint density at radius 2 is 1.68 bits per heavy atom. The van der Waals surface area contributed by atoms with Crippen LogP contribution in [0.2, 0.25) is 0 Å². The van der Waals surface area contributed by atoms with Crippen LogP contribution in [0.5, 0.6) is 0 Å². The monoisotopic (exact) mass is 389 g/mol. The Morgan fingerprint density at radius 3 is 2.21 bits per heavy atom. The van der Waals surface area contributed by atoms with E-state index >= 15 is 0 Å². The van der Waals surface area contributed by atoms with Gasteiger partial charge in [-0.1, -0.05) is 13.8 Å². The molecule has 6 heteroatoms. The normalized spacial score (nSPS) is 24.9. The summed E-state index contributed by atoms with van der Waals surface area (Å²) in [6.45, 7) is 12.3. The van der Waals surface area contributed by atoms with E-state index in [1.54, 1.807) is 12.1 Å².